The summed E-state index contributed by atoms with van der Waals surface area (Å²) in [7, 11) is 1.36. The Hall–Kier alpha value is -0.940. The standard InChI is InChI=1S/C9H11ClN2O2S/c1-14-8(13)2-3-15-9-7(10)4-6(11)5-12-9/h4-5H,2-3,11H2,1H3. The lowest BCUT2D eigenvalue weighted by atomic mass is 10.4. The van der Waals surface area contributed by atoms with Crippen molar-refractivity contribution in [1.82, 2.24) is 4.98 Å². The average molecular weight is 247 g/mol. The number of methoxy groups -OCH3 is 1. The summed E-state index contributed by atoms with van der Waals surface area (Å²) >= 11 is 7.30. The molecule has 2 N–H and O–H groups in total. The number of halogens is 1. The molecular weight excluding hydrogens is 236 g/mol. The number of pyridine rings is 1. The number of carbonyl (C=O) groups excluding carboxylic acids is 1. The molecule has 0 amide bonds. The molecule has 0 bridgehead atoms. The zero-order valence-corrected chi connectivity index (χ0v) is 9.77. The van der Waals surface area contributed by atoms with Gasteiger partial charge < -0.3 is 10.5 Å². The van der Waals surface area contributed by atoms with Gasteiger partial charge in [0.25, 0.3) is 0 Å². The molecule has 0 spiro atoms. The average Bonchev–Trinajstić information content (AvgIpc) is 2.21. The maximum absolute atomic E-state index is 10.8. The molecule has 0 aliphatic heterocycles. The number of hydrogen-bond donors (Lipinski definition) is 1. The third-order valence-electron chi connectivity index (χ3n) is 1.60. The van der Waals surface area contributed by atoms with E-state index in [0.717, 1.165) is 0 Å². The largest absolute Gasteiger partial charge is 0.469 e. The quantitative estimate of drug-likeness (QED) is 0.650. The van der Waals surface area contributed by atoms with Crippen molar-refractivity contribution in [3.05, 3.63) is 17.3 Å². The lowest BCUT2D eigenvalue weighted by Gasteiger charge is -2.03. The minimum atomic E-state index is -0.242. The number of esters is 1. The second-order valence-corrected chi connectivity index (χ2v) is 4.22. The monoisotopic (exact) mass is 246 g/mol. The number of rotatable bonds is 4. The summed E-state index contributed by atoms with van der Waals surface area (Å²) in [4.78, 5) is 14.9. The van der Waals surface area contributed by atoms with Gasteiger partial charge >= 0.3 is 5.97 Å². The van der Waals surface area contributed by atoms with Gasteiger partial charge in [-0.15, -0.1) is 11.8 Å². The fourth-order valence-electron chi connectivity index (χ4n) is 0.879. The van der Waals surface area contributed by atoms with Gasteiger partial charge in [0.1, 0.15) is 5.03 Å². The van der Waals surface area contributed by atoms with Crippen LogP contribution < -0.4 is 5.73 Å². The Morgan fingerprint density at radius 1 is 1.73 bits per heavy atom. The first-order valence-corrected chi connectivity index (χ1v) is 5.60. The third kappa shape index (κ3) is 3.97. The van der Waals surface area contributed by atoms with Crippen LogP contribution in [-0.4, -0.2) is 23.8 Å². The molecule has 1 aromatic rings. The molecule has 4 nitrogen and oxygen atoms in total. The topological polar surface area (TPSA) is 65.2 Å². The second kappa shape index (κ2) is 5.82. The van der Waals surface area contributed by atoms with Gasteiger partial charge in [-0.05, 0) is 6.07 Å². The van der Waals surface area contributed by atoms with Crippen molar-refractivity contribution < 1.29 is 9.53 Å². The summed E-state index contributed by atoms with van der Waals surface area (Å²) in [5.74, 6) is 0.345. The molecule has 82 valence electrons. The van der Waals surface area contributed by atoms with Crippen LogP contribution >= 0.6 is 23.4 Å². The Bertz CT molecular complexity index is 360. The Balaban J connectivity index is 2.47. The number of anilines is 1. The van der Waals surface area contributed by atoms with Gasteiger partial charge in [-0.1, -0.05) is 11.6 Å². The normalized spacial score (nSPS) is 10.0. The minimum Gasteiger partial charge on any atom is -0.469 e. The highest BCUT2D eigenvalue weighted by Crippen LogP contribution is 2.26. The fourth-order valence-corrected chi connectivity index (χ4v) is 2.00. The Labute approximate surface area is 97.2 Å². The molecule has 0 aliphatic rings. The molecule has 0 saturated carbocycles. The maximum atomic E-state index is 10.8. The molecule has 0 aliphatic carbocycles. The molecule has 0 saturated heterocycles. The predicted molar refractivity (Wildman–Crippen MR) is 61.0 cm³/mol. The van der Waals surface area contributed by atoms with E-state index in [1.165, 1.54) is 25.1 Å². The van der Waals surface area contributed by atoms with Crippen LogP contribution in [0, 0.1) is 0 Å². The maximum Gasteiger partial charge on any atom is 0.306 e. The van der Waals surface area contributed by atoms with Gasteiger partial charge in [-0.25, -0.2) is 4.98 Å². The Morgan fingerprint density at radius 3 is 3.07 bits per heavy atom. The molecule has 6 heteroatoms. The number of aromatic nitrogens is 1. The van der Waals surface area contributed by atoms with Gasteiger partial charge in [-0.3, -0.25) is 4.79 Å². The number of thioether (sulfide) groups is 1. The van der Waals surface area contributed by atoms with Crippen LogP contribution in [0.3, 0.4) is 0 Å². The van der Waals surface area contributed by atoms with E-state index in [0.29, 0.717) is 27.9 Å². The highest BCUT2D eigenvalue weighted by atomic mass is 35.5. The second-order valence-electron chi connectivity index (χ2n) is 2.73. The van der Waals surface area contributed by atoms with E-state index < -0.39 is 0 Å². The first-order valence-electron chi connectivity index (χ1n) is 4.24. The van der Waals surface area contributed by atoms with Crippen LogP contribution in [0.2, 0.25) is 5.02 Å². The molecule has 0 atom stereocenters. The van der Waals surface area contributed by atoms with Crippen LogP contribution in [-0.2, 0) is 9.53 Å². The van der Waals surface area contributed by atoms with Gasteiger partial charge in [0.05, 0.1) is 30.4 Å². The van der Waals surface area contributed by atoms with Crippen molar-refractivity contribution in [2.24, 2.45) is 0 Å². The number of hydrogen-bond acceptors (Lipinski definition) is 5. The van der Waals surface area contributed by atoms with E-state index in [1.54, 1.807) is 6.07 Å². The van der Waals surface area contributed by atoms with Crippen molar-refractivity contribution in [2.75, 3.05) is 18.6 Å². The molecule has 1 rings (SSSR count). The van der Waals surface area contributed by atoms with E-state index in [4.69, 9.17) is 17.3 Å². The van der Waals surface area contributed by atoms with Crippen LogP contribution in [0.15, 0.2) is 17.3 Å². The fraction of sp³-hybridized carbons (Fsp3) is 0.333. The van der Waals surface area contributed by atoms with Crippen LogP contribution in [0.25, 0.3) is 0 Å². The third-order valence-corrected chi connectivity index (χ3v) is 3.01. The zero-order valence-electron chi connectivity index (χ0n) is 8.20. The smallest absolute Gasteiger partial charge is 0.306 e. The van der Waals surface area contributed by atoms with E-state index in [-0.39, 0.29) is 5.97 Å². The van der Waals surface area contributed by atoms with Crippen molar-refractivity contribution in [1.29, 1.82) is 0 Å². The van der Waals surface area contributed by atoms with Crippen molar-refractivity contribution in [3.8, 4) is 0 Å². The molecule has 0 aromatic carbocycles. The molecule has 1 aromatic heterocycles. The van der Waals surface area contributed by atoms with Gasteiger partial charge in [-0.2, -0.15) is 0 Å². The molecule has 0 radical (unpaired) electrons. The van der Waals surface area contributed by atoms with Gasteiger partial charge in [0, 0.05) is 5.75 Å². The predicted octanol–water partition coefficient (Wildman–Crippen LogP) is 1.97. The summed E-state index contributed by atoms with van der Waals surface area (Å²) in [6.45, 7) is 0. The molecule has 15 heavy (non-hydrogen) atoms. The number of ether oxygens (including phenoxy) is 1. The highest BCUT2D eigenvalue weighted by Gasteiger charge is 2.05. The van der Waals surface area contributed by atoms with E-state index in [2.05, 4.69) is 9.72 Å². The number of carbonyl (C=O) groups is 1. The van der Waals surface area contributed by atoms with Crippen molar-refractivity contribution in [3.63, 3.8) is 0 Å². The SMILES string of the molecule is COC(=O)CCSc1ncc(N)cc1Cl. The summed E-state index contributed by atoms with van der Waals surface area (Å²) in [5.41, 5.74) is 6.02. The first-order chi connectivity index (χ1) is 7.13. The van der Waals surface area contributed by atoms with Crippen LogP contribution in [0.5, 0.6) is 0 Å². The summed E-state index contributed by atoms with van der Waals surface area (Å²) in [5, 5.41) is 1.18. The van der Waals surface area contributed by atoms with E-state index in [1.807, 2.05) is 0 Å². The zero-order chi connectivity index (χ0) is 11.3. The molecule has 0 fully saturated rings. The summed E-state index contributed by atoms with van der Waals surface area (Å²) in [6, 6.07) is 1.63. The van der Waals surface area contributed by atoms with E-state index in [9.17, 15) is 4.79 Å². The number of nitrogens with two attached hydrogens (primary N) is 1. The summed E-state index contributed by atoms with van der Waals surface area (Å²) in [6.07, 6.45) is 1.87. The van der Waals surface area contributed by atoms with Crippen LogP contribution in [0.4, 0.5) is 5.69 Å². The Kier molecular flexibility index (Phi) is 4.71. The lowest BCUT2D eigenvalue weighted by Crippen LogP contribution is -2.01. The first kappa shape index (κ1) is 12.1. The Morgan fingerprint density at radius 2 is 2.47 bits per heavy atom. The van der Waals surface area contributed by atoms with Gasteiger partial charge in [0.2, 0.25) is 0 Å². The van der Waals surface area contributed by atoms with E-state index >= 15 is 0 Å². The molecule has 0 unspecified atom stereocenters. The molecule has 1 heterocycles. The highest BCUT2D eigenvalue weighted by molar-refractivity contribution is 7.99. The molecular formula is C9H11ClN2O2S. The minimum absolute atomic E-state index is 0.242. The number of nitrogen functional groups attached to an aromatic ring is 1. The van der Waals surface area contributed by atoms with Crippen molar-refractivity contribution in [2.45, 2.75) is 11.4 Å². The number of nitrogens with zero attached hydrogens (tertiary/aromatic N) is 1. The summed E-state index contributed by atoms with van der Waals surface area (Å²) < 4.78 is 4.51. The lowest BCUT2D eigenvalue weighted by molar-refractivity contribution is -0.140. The van der Waals surface area contributed by atoms with Crippen LogP contribution in [0.1, 0.15) is 6.42 Å². The van der Waals surface area contributed by atoms with Crippen molar-refractivity contribution >= 4 is 35.0 Å². The van der Waals surface area contributed by atoms with Gasteiger partial charge in [0.15, 0.2) is 0 Å².